The quantitative estimate of drug-likeness (QED) is 0.913. The van der Waals surface area contributed by atoms with Crippen molar-refractivity contribution in [3.8, 4) is 5.69 Å². The van der Waals surface area contributed by atoms with E-state index < -0.39 is 17.5 Å². The molecule has 6 nitrogen and oxygen atoms in total. The third-order valence-corrected chi connectivity index (χ3v) is 4.57. The van der Waals surface area contributed by atoms with Crippen molar-refractivity contribution < 1.29 is 14.3 Å². The Balaban J connectivity index is 1.85. The standard InChI is InChI=1S/C18H20FN3O3/c1-21(11-12-5-4-8-16(12)23)18(25)14-9-10-17(24)22(20-14)15-7-3-2-6-13(15)19/h2-3,6-7,9-10,12,16,23H,4-5,8,11H2,1H3. The normalized spacial score (nSPS) is 19.8. The van der Waals surface area contributed by atoms with Crippen LogP contribution in [-0.4, -0.2) is 45.4 Å². The summed E-state index contributed by atoms with van der Waals surface area (Å²) in [6, 6.07) is 8.30. The molecule has 1 aromatic heterocycles. The van der Waals surface area contributed by atoms with Crippen molar-refractivity contribution in [2.24, 2.45) is 5.92 Å². The molecule has 0 aliphatic heterocycles. The van der Waals surface area contributed by atoms with Gasteiger partial charge in [-0.2, -0.15) is 9.78 Å². The molecular formula is C18H20FN3O3. The summed E-state index contributed by atoms with van der Waals surface area (Å²) < 4.78 is 14.8. The van der Waals surface area contributed by atoms with Crippen molar-refractivity contribution >= 4 is 5.91 Å². The average Bonchev–Trinajstić information content (AvgIpc) is 3.00. The van der Waals surface area contributed by atoms with Crippen LogP contribution in [0.2, 0.25) is 0 Å². The zero-order chi connectivity index (χ0) is 18.0. The predicted molar refractivity (Wildman–Crippen MR) is 90.1 cm³/mol. The number of aliphatic hydroxyl groups excluding tert-OH is 1. The first-order valence-corrected chi connectivity index (χ1v) is 8.26. The monoisotopic (exact) mass is 345 g/mol. The van der Waals surface area contributed by atoms with Crippen molar-refractivity contribution in [2.75, 3.05) is 13.6 Å². The number of nitrogens with zero attached hydrogens (tertiary/aromatic N) is 3. The SMILES string of the molecule is CN(CC1CCCC1O)C(=O)c1ccc(=O)n(-c2ccccc2F)n1. The summed E-state index contributed by atoms with van der Waals surface area (Å²) in [5.74, 6) is -0.917. The van der Waals surface area contributed by atoms with Crippen molar-refractivity contribution in [2.45, 2.75) is 25.4 Å². The highest BCUT2D eigenvalue weighted by molar-refractivity contribution is 5.91. The molecule has 1 heterocycles. The molecule has 1 N–H and O–H groups in total. The maximum absolute atomic E-state index is 13.9. The molecule has 1 aliphatic carbocycles. The topological polar surface area (TPSA) is 75.4 Å². The number of carbonyl (C=O) groups is 1. The van der Waals surface area contributed by atoms with E-state index in [-0.39, 0.29) is 23.2 Å². The van der Waals surface area contributed by atoms with Crippen LogP contribution in [0.4, 0.5) is 4.39 Å². The third kappa shape index (κ3) is 3.61. The minimum Gasteiger partial charge on any atom is -0.393 e. The van der Waals surface area contributed by atoms with Crippen LogP contribution in [0.25, 0.3) is 5.69 Å². The summed E-state index contributed by atoms with van der Waals surface area (Å²) in [5.41, 5.74) is -0.468. The first-order chi connectivity index (χ1) is 12.0. The molecule has 3 rings (SSSR count). The average molecular weight is 345 g/mol. The number of aliphatic hydroxyl groups is 1. The number of hydrogen-bond acceptors (Lipinski definition) is 4. The number of hydrogen-bond donors (Lipinski definition) is 1. The first-order valence-electron chi connectivity index (χ1n) is 8.26. The van der Waals surface area contributed by atoms with Gasteiger partial charge < -0.3 is 10.0 Å². The Labute approximate surface area is 144 Å². The summed E-state index contributed by atoms with van der Waals surface area (Å²) >= 11 is 0. The van der Waals surface area contributed by atoms with E-state index in [1.165, 1.54) is 35.2 Å². The Hall–Kier alpha value is -2.54. The summed E-state index contributed by atoms with van der Waals surface area (Å²) in [7, 11) is 1.63. The number of amides is 1. The second kappa shape index (κ2) is 7.14. The summed E-state index contributed by atoms with van der Waals surface area (Å²) in [5, 5.41) is 13.9. The van der Waals surface area contributed by atoms with Crippen LogP contribution in [0.15, 0.2) is 41.2 Å². The van der Waals surface area contributed by atoms with Gasteiger partial charge in [-0.15, -0.1) is 0 Å². The fraction of sp³-hybridized carbons (Fsp3) is 0.389. The lowest BCUT2D eigenvalue weighted by Gasteiger charge is -2.23. The molecule has 25 heavy (non-hydrogen) atoms. The highest BCUT2D eigenvalue weighted by atomic mass is 19.1. The molecule has 2 unspecified atom stereocenters. The summed E-state index contributed by atoms with van der Waals surface area (Å²) in [6.07, 6.45) is 2.18. The number of para-hydroxylation sites is 1. The molecule has 1 amide bonds. The van der Waals surface area contributed by atoms with Gasteiger partial charge in [0.15, 0.2) is 0 Å². The van der Waals surface area contributed by atoms with Crippen LogP contribution in [0.1, 0.15) is 29.8 Å². The van der Waals surface area contributed by atoms with Gasteiger partial charge >= 0.3 is 0 Å². The number of aromatic nitrogens is 2. The molecule has 7 heteroatoms. The Bertz CT molecular complexity index is 836. The molecule has 0 radical (unpaired) electrons. The van der Waals surface area contributed by atoms with E-state index in [0.717, 1.165) is 23.9 Å². The maximum atomic E-state index is 13.9. The molecule has 0 saturated heterocycles. The van der Waals surface area contributed by atoms with E-state index >= 15 is 0 Å². The van der Waals surface area contributed by atoms with Gasteiger partial charge in [0.2, 0.25) is 0 Å². The van der Waals surface area contributed by atoms with Crippen molar-refractivity contribution in [1.82, 2.24) is 14.7 Å². The van der Waals surface area contributed by atoms with Gasteiger partial charge in [0.05, 0.1) is 6.10 Å². The predicted octanol–water partition coefficient (Wildman–Crippen LogP) is 1.60. The molecule has 1 aliphatic rings. The zero-order valence-electron chi connectivity index (χ0n) is 13.9. The molecule has 0 bridgehead atoms. The Morgan fingerprint density at radius 3 is 2.76 bits per heavy atom. The minimum absolute atomic E-state index is 0.00369. The first kappa shape index (κ1) is 17.3. The second-order valence-corrected chi connectivity index (χ2v) is 6.36. The number of carbonyl (C=O) groups excluding carboxylic acids is 1. The van der Waals surface area contributed by atoms with Gasteiger partial charge in [-0.3, -0.25) is 9.59 Å². The van der Waals surface area contributed by atoms with Crippen LogP contribution in [0.5, 0.6) is 0 Å². The van der Waals surface area contributed by atoms with Crippen LogP contribution in [0.3, 0.4) is 0 Å². The largest absolute Gasteiger partial charge is 0.393 e. The molecule has 0 spiro atoms. The smallest absolute Gasteiger partial charge is 0.274 e. The van der Waals surface area contributed by atoms with Crippen molar-refractivity contribution in [3.63, 3.8) is 0 Å². The van der Waals surface area contributed by atoms with E-state index in [1.54, 1.807) is 13.1 Å². The molecule has 1 fully saturated rings. The van der Waals surface area contributed by atoms with Crippen molar-refractivity contribution in [1.29, 1.82) is 0 Å². The minimum atomic E-state index is -0.593. The lowest BCUT2D eigenvalue weighted by molar-refractivity contribution is 0.0686. The molecular weight excluding hydrogens is 325 g/mol. The Morgan fingerprint density at radius 2 is 2.08 bits per heavy atom. The fourth-order valence-electron chi connectivity index (χ4n) is 3.18. The van der Waals surface area contributed by atoms with Gasteiger partial charge in [0, 0.05) is 25.6 Å². The zero-order valence-corrected chi connectivity index (χ0v) is 13.9. The van der Waals surface area contributed by atoms with Crippen LogP contribution >= 0.6 is 0 Å². The second-order valence-electron chi connectivity index (χ2n) is 6.36. The van der Waals surface area contributed by atoms with E-state index in [9.17, 15) is 19.1 Å². The molecule has 1 aromatic carbocycles. The van der Waals surface area contributed by atoms with Gasteiger partial charge in [-0.25, -0.2) is 4.39 Å². The molecule has 1 saturated carbocycles. The van der Waals surface area contributed by atoms with E-state index in [2.05, 4.69) is 5.10 Å². The summed E-state index contributed by atoms with van der Waals surface area (Å²) in [4.78, 5) is 26.1. The van der Waals surface area contributed by atoms with Crippen LogP contribution in [-0.2, 0) is 0 Å². The van der Waals surface area contributed by atoms with Crippen LogP contribution in [0, 0.1) is 11.7 Å². The lowest BCUT2D eigenvalue weighted by atomic mass is 10.1. The van der Waals surface area contributed by atoms with Crippen molar-refractivity contribution in [3.05, 3.63) is 58.3 Å². The summed E-state index contributed by atoms with van der Waals surface area (Å²) in [6.45, 7) is 0.417. The Kier molecular flexibility index (Phi) is 4.94. The molecule has 2 atom stereocenters. The highest BCUT2D eigenvalue weighted by Gasteiger charge is 2.28. The fourth-order valence-corrected chi connectivity index (χ4v) is 3.18. The highest BCUT2D eigenvalue weighted by Crippen LogP contribution is 2.26. The molecule has 132 valence electrons. The van der Waals surface area contributed by atoms with E-state index in [1.807, 2.05) is 0 Å². The lowest BCUT2D eigenvalue weighted by Crippen LogP contribution is -2.36. The Morgan fingerprint density at radius 1 is 1.32 bits per heavy atom. The number of benzene rings is 1. The van der Waals surface area contributed by atoms with Gasteiger partial charge in [0.25, 0.3) is 11.5 Å². The van der Waals surface area contributed by atoms with Gasteiger partial charge in [0.1, 0.15) is 17.2 Å². The van der Waals surface area contributed by atoms with Gasteiger partial charge in [-0.05, 0) is 31.0 Å². The van der Waals surface area contributed by atoms with Crippen LogP contribution < -0.4 is 5.56 Å². The van der Waals surface area contributed by atoms with Gasteiger partial charge in [-0.1, -0.05) is 18.6 Å². The van der Waals surface area contributed by atoms with E-state index in [4.69, 9.17) is 0 Å². The number of halogens is 1. The van der Waals surface area contributed by atoms with E-state index in [0.29, 0.717) is 6.54 Å². The number of rotatable bonds is 4. The maximum Gasteiger partial charge on any atom is 0.274 e. The molecule has 2 aromatic rings. The third-order valence-electron chi connectivity index (χ3n) is 4.57.